The van der Waals surface area contributed by atoms with Crippen molar-refractivity contribution >= 4 is 17.5 Å². The van der Waals surface area contributed by atoms with E-state index < -0.39 is 11.6 Å². The van der Waals surface area contributed by atoms with E-state index in [4.69, 9.17) is 10.00 Å². The molecule has 2 unspecified atom stereocenters. The average molecular weight is 281 g/mol. The summed E-state index contributed by atoms with van der Waals surface area (Å²) in [4.78, 5) is 12.2. The van der Waals surface area contributed by atoms with Gasteiger partial charge in [-0.05, 0) is 41.9 Å². The zero-order valence-corrected chi connectivity index (χ0v) is 11.9. The Labute approximate surface area is 116 Å². The third kappa shape index (κ3) is 4.56. The van der Waals surface area contributed by atoms with Crippen LogP contribution in [0.25, 0.3) is 0 Å². The van der Waals surface area contributed by atoms with Gasteiger partial charge in [0.2, 0.25) is 6.36 Å². The Hall–Kier alpha value is -1.54. The summed E-state index contributed by atoms with van der Waals surface area (Å²) >= 11 is 0.967. The van der Waals surface area contributed by atoms with Crippen molar-refractivity contribution in [3.63, 3.8) is 0 Å². The Morgan fingerprint density at radius 2 is 1.89 bits per heavy atom. The van der Waals surface area contributed by atoms with E-state index in [0.717, 1.165) is 11.8 Å². The SMILES string of the molecule is CC(F)Oc1ccc(C(=O)C(SC#N)C(C)C)cc1. The lowest BCUT2D eigenvalue weighted by molar-refractivity contribution is 0.0860. The van der Waals surface area contributed by atoms with Crippen molar-refractivity contribution in [3.8, 4) is 11.2 Å². The Morgan fingerprint density at radius 1 is 1.32 bits per heavy atom. The number of nitrogens with zero attached hydrogens (tertiary/aromatic N) is 1. The van der Waals surface area contributed by atoms with Crippen LogP contribution in [0.3, 0.4) is 0 Å². The lowest BCUT2D eigenvalue weighted by Gasteiger charge is -2.15. The number of carbonyl (C=O) groups excluding carboxylic acids is 1. The van der Waals surface area contributed by atoms with Crippen LogP contribution in [-0.2, 0) is 0 Å². The third-order valence-electron chi connectivity index (χ3n) is 2.48. The van der Waals surface area contributed by atoms with Crippen molar-refractivity contribution in [1.82, 2.24) is 0 Å². The van der Waals surface area contributed by atoms with E-state index in [2.05, 4.69) is 0 Å². The number of alkyl halides is 1. The average Bonchev–Trinajstić information content (AvgIpc) is 2.35. The maximum atomic E-state index is 12.7. The minimum absolute atomic E-state index is 0.0685. The lowest BCUT2D eigenvalue weighted by atomic mass is 10.0. The van der Waals surface area contributed by atoms with Gasteiger partial charge in [-0.25, -0.2) is 4.39 Å². The normalized spacial score (nSPS) is 13.7. The van der Waals surface area contributed by atoms with Gasteiger partial charge in [0.25, 0.3) is 0 Å². The molecule has 2 atom stereocenters. The molecule has 0 spiro atoms. The highest BCUT2D eigenvalue weighted by atomic mass is 32.2. The maximum Gasteiger partial charge on any atom is 0.235 e. The van der Waals surface area contributed by atoms with Gasteiger partial charge in [0.05, 0.1) is 5.25 Å². The van der Waals surface area contributed by atoms with Crippen LogP contribution in [-0.4, -0.2) is 17.4 Å². The molecule has 0 aliphatic rings. The quantitative estimate of drug-likeness (QED) is 0.588. The highest BCUT2D eigenvalue weighted by Gasteiger charge is 2.24. The van der Waals surface area contributed by atoms with Crippen LogP contribution in [0.4, 0.5) is 4.39 Å². The number of benzene rings is 1. The third-order valence-corrected chi connectivity index (χ3v) is 3.60. The summed E-state index contributed by atoms with van der Waals surface area (Å²) in [7, 11) is 0. The first-order valence-corrected chi connectivity index (χ1v) is 6.83. The summed E-state index contributed by atoms with van der Waals surface area (Å²) in [6, 6.07) is 6.29. The molecule has 0 aromatic heterocycles. The fraction of sp³-hybridized carbons (Fsp3) is 0.429. The molecule has 0 radical (unpaired) electrons. The molecule has 0 fully saturated rings. The Balaban J connectivity index is 2.85. The van der Waals surface area contributed by atoms with Crippen LogP contribution in [0.15, 0.2) is 24.3 Å². The topological polar surface area (TPSA) is 50.1 Å². The van der Waals surface area contributed by atoms with E-state index in [-0.39, 0.29) is 11.7 Å². The summed E-state index contributed by atoms with van der Waals surface area (Å²) in [6.45, 7) is 5.09. The van der Waals surface area contributed by atoms with E-state index in [0.29, 0.717) is 11.3 Å². The van der Waals surface area contributed by atoms with Gasteiger partial charge >= 0.3 is 0 Å². The monoisotopic (exact) mass is 281 g/mol. The Morgan fingerprint density at radius 3 is 2.32 bits per heavy atom. The van der Waals surface area contributed by atoms with Gasteiger partial charge < -0.3 is 4.74 Å². The molecular weight excluding hydrogens is 265 g/mol. The number of Topliss-reactive ketones (excluding diaryl/α,β-unsaturated/α-hetero) is 1. The van der Waals surface area contributed by atoms with E-state index in [1.165, 1.54) is 6.92 Å². The van der Waals surface area contributed by atoms with Crippen molar-refractivity contribution in [3.05, 3.63) is 29.8 Å². The molecule has 1 rings (SSSR count). The van der Waals surface area contributed by atoms with Crippen LogP contribution < -0.4 is 4.74 Å². The second-order valence-corrected chi connectivity index (χ2v) is 5.35. The van der Waals surface area contributed by atoms with Gasteiger partial charge in [-0.1, -0.05) is 13.8 Å². The second-order valence-electron chi connectivity index (χ2n) is 4.42. The largest absolute Gasteiger partial charge is 0.461 e. The number of carbonyl (C=O) groups is 1. The van der Waals surface area contributed by atoms with E-state index in [1.54, 1.807) is 24.3 Å². The standard InChI is InChI=1S/C14H16FNO2S/c1-9(2)14(19-8-16)13(17)11-4-6-12(7-5-11)18-10(3)15/h4-7,9-10,14H,1-3H3. The predicted molar refractivity (Wildman–Crippen MR) is 73.8 cm³/mol. The van der Waals surface area contributed by atoms with Crippen molar-refractivity contribution in [1.29, 1.82) is 5.26 Å². The molecule has 19 heavy (non-hydrogen) atoms. The second kappa shape index (κ2) is 7.15. The minimum atomic E-state index is -1.39. The summed E-state index contributed by atoms with van der Waals surface area (Å²) in [5, 5.41) is 10.3. The fourth-order valence-corrected chi connectivity index (χ4v) is 2.23. The zero-order chi connectivity index (χ0) is 14.4. The molecule has 102 valence electrons. The van der Waals surface area contributed by atoms with E-state index >= 15 is 0 Å². The van der Waals surface area contributed by atoms with Crippen LogP contribution in [0.1, 0.15) is 31.1 Å². The van der Waals surface area contributed by atoms with Gasteiger partial charge in [-0.2, -0.15) is 5.26 Å². The number of halogens is 1. The molecule has 5 heteroatoms. The number of hydrogen-bond acceptors (Lipinski definition) is 4. The lowest BCUT2D eigenvalue weighted by Crippen LogP contribution is -2.22. The Kier molecular flexibility index (Phi) is 5.84. The van der Waals surface area contributed by atoms with Gasteiger partial charge in [0.1, 0.15) is 11.2 Å². The molecule has 0 aliphatic heterocycles. The number of hydrogen-bond donors (Lipinski definition) is 0. The molecule has 0 saturated carbocycles. The molecule has 1 aromatic carbocycles. The highest BCUT2D eigenvalue weighted by Crippen LogP contribution is 2.24. The van der Waals surface area contributed by atoms with Crippen LogP contribution in [0.2, 0.25) is 0 Å². The van der Waals surface area contributed by atoms with Crippen LogP contribution in [0.5, 0.6) is 5.75 Å². The summed E-state index contributed by atoms with van der Waals surface area (Å²) in [5.74, 6) is 0.348. The number of thioether (sulfide) groups is 1. The maximum absolute atomic E-state index is 12.7. The molecule has 0 aliphatic carbocycles. The molecule has 0 saturated heterocycles. The van der Waals surface area contributed by atoms with Gasteiger partial charge in [0.15, 0.2) is 5.78 Å². The first-order valence-electron chi connectivity index (χ1n) is 5.95. The number of ether oxygens (including phenoxy) is 1. The first-order chi connectivity index (χ1) is 8.95. The summed E-state index contributed by atoms with van der Waals surface area (Å²) in [5.41, 5.74) is 0.500. The number of ketones is 1. The summed E-state index contributed by atoms with van der Waals surface area (Å²) < 4.78 is 17.5. The highest BCUT2D eigenvalue weighted by molar-refractivity contribution is 8.05. The molecular formula is C14H16FNO2S. The fourth-order valence-electron chi connectivity index (χ4n) is 1.60. The Bertz CT molecular complexity index is 465. The molecule has 0 bridgehead atoms. The molecule has 3 nitrogen and oxygen atoms in total. The van der Waals surface area contributed by atoms with Crippen molar-refractivity contribution in [2.45, 2.75) is 32.4 Å². The molecule has 0 amide bonds. The first kappa shape index (κ1) is 15.5. The van der Waals surface area contributed by atoms with Crippen molar-refractivity contribution in [2.75, 3.05) is 0 Å². The van der Waals surface area contributed by atoms with E-state index in [1.807, 2.05) is 19.2 Å². The predicted octanol–water partition coefficient (Wildman–Crippen LogP) is 3.80. The van der Waals surface area contributed by atoms with Gasteiger partial charge in [0, 0.05) is 12.5 Å². The van der Waals surface area contributed by atoms with Crippen molar-refractivity contribution < 1.29 is 13.9 Å². The number of rotatable bonds is 6. The van der Waals surface area contributed by atoms with Crippen LogP contribution in [0, 0.1) is 16.6 Å². The van der Waals surface area contributed by atoms with Crippen molar-refractivity contribution in [2.24, 2.45) is 5.92 Å². The molecule has 0 heterocycles. The van der Waals surface area contributed by atoms with Gasteiger partial charge in [-0.3, -0.25) is 4.79 Å². The summed E-state index contributed by atoms with van der Waals surface area (Å²) in [6.07, 6.45) is -1.39. The zero-order valence-electron chi connectivity index (χ0n) is 11.1. The number of thiocyanates is 1. The minimum Gasteiger partial charge on any atom is -0.461 e. The van der Waals surface area contributed by atoms with Crippen LogP contribution >= 0.6 is 11.8 Å². The number of nitriles is 1. The molecule has 1 aromatic rings. The van der Waals surface area contributed by atoms with Gasteiger partial charge in [-0.15, -0.1) is 0 Å². The molecule has 0 N–H and O–H groups in total. The smallest absolute Gasteiger partial charge is 0.235 e. The van der Waals surface area contributed by atoms with E-state index in [9.17, 15) is 9.18 Å².